The highest BCUT2D eigenvalue weighted by molar-refractivity contribution is 5.84. The fraction of sp³-hybridized carbons (Fsp3) is 0.174. The number of fused-ring (bicyclic) bond motifs is 1. The maximum atomic E-state index is 12.5. The van der Waals surface area contributed by atoms with Crippen molar-refractivity contribution in [3.63, 3.8) is 0 Å². The predicted octanol–water partition coefficient (Wildman–Crippen LogP) is 3.81. The SMILES string of the molecule is COc1ccccc1CNC(=O)CCn1c(-c2ccncc2)cc2cccnc21. The van der Waals surface area contributed by atoms with Gasteiger partial charge >= 0.3 is 0 Å². The second-order valence-electron chi connectivity index (χ2n) is 6.67. The van der Waals surface area contributed by atoms with Crippen LogP contribution >= 0.6 is 0 Å². The summed E-state index contributed by atoms with van der Waals surface area (Å²) < 4.78 is 7.43. The lowest BCUT2D eigenvalue weighted by molar-refractivity contribution is -0.121. The molecule has 0 saturated heterocycles. The van der Waals surface area contributed by atoms with Crippen LogP contribution in [0.1, 0.15) is 12.0 Å². The number of ether oxygens (including phenoxy) is 1. The van der Waals surface area contributed by atoms with Gasteiger partial charge in [-0.15, -0.1) is 0 Å². The number of carbonyl (C=O) groups excluding carboxylic acids is 1. The van der Waals surface area contributed by atoms with Crippen molar-refractivity contribution in [3.05, 3.63) is 78.8 Å². The smallest absolute Gasteiger partial charge is 0.222 e. The van der Waals surface area contributed by atoms with Crippen LogP contribution in [0.3, 0.4) is 0 Å². The highest BCUT2D eigenvalue weighted by atomic mass is 16.5. The van der Waals surface area contributed by atoms with Gasteiger partial charge in [0.15, 0.2) is 0 Å². The fourth-order valence-electron chi connectivity index (χ4n) is 3.42. The van der Waals surface area contributed by atoms with Gasteiger partial charge < -0.3 is 14.6 Å². The second kappa shape index (κ2) is 8.56. The van der Waals surface area contributed by atoms with Crippen molar-refractivity contribution >= 4 is 16.9 Å². The molecule has 6 heteroatoms. The molecule has 29 heavy (non-hydrogen) atoms. The lowest BCUT2D eigenvalue weighted by Crippen LogP contribution is -2.24. The standard InChI is InChI=1S/C23H22N4O2/c1-29-21-7-3-2-5-19(21)16-26-22(28)10-14-27-20(17-8-12-24-13-9-17)15-18-6-4-11-25-23(18)27/h2-9,11-13,15H,10,14,16H2,1H3,(H,26,28). The largest absolute Gasteiger partial charge is 0.496 e. The number of nitrogens with zero attached hydrogens (tertiary/aromatic N) is 3. The van der Waals surface area contributed by atoms with E-state index < -0.39 is 0 Å². The van der Waals surface area contributed by atoms with Crippen LogP contribution in [0.4, 0.5) is 0 Å². The Morgan fingerprint density at radius 2 is 1.90 bits per heavy atom. The Hall–Kier alpha value is -3.67. The van der Waals surface area contributed by atoms with E-state index in [0.29, 0.717) is 19.5 Å². The molecule has 146 valence electrons. The summed E-state index contributed by atoms with van der Waals surface area (Å²) in [6.45, 7) is 0.973. The zero-order valence-electron chi connectivity index (χ0n) is 16.2. The maximum absolute atomic E-state index is 12.5. The van der Waals surface area contributed by atoms with E-state index in [4.69, 9.17) is 4.74 Å². The normalized spacial score (nSPS) is 10.8. The molecule has 0 unspecified atom stereocenters. The van der Waals surface area contributed by atoms with E-state index in [1.54, 1.807) is 25.7 Å². The monoisotopic (exact) mass is 386 g/mol. The Morgan fingerprint density at radius 3 is 2.72 bits per heavy atom. The number of methoxy groups -OCH3 is 1. The minimum atomic E-state index is -0.0191. The van der Waals surface area contributed by atoms with Crippen molar-refractivity contribution in [3.8, 4) is 17.0 Å². The topological polar surface area (TPSA) is 69.0 Å². The summed E-state index contributed by atoms with van der Waals surface area (Å²) in [5, 5.41) is 4.03. The van der Waals surface area contributed by atoms with Crippen LogP contribution in [0.25, 0.3) is 22.3 Å². The van der Waals surface area contributed by atoms with E-state index in [1.165, 1.54) is 0 Å². The zero-order valence-corrected chi connectivity index (χ0v) is 16.2. The number of benzene rings is 1. The highest BCUT2D eigenvalue weighted by Gasteiger charge is 2.13. The number of carbonyl (C=O) groups is 1. The van der Waals surface area contributed by atoms with Crippen LogP contribution in [-0.4, -0.2) is 27.6 Å². The Labute approximate surface area is 169 Å². The van der Waals surface area contributed by atoms with Gasteiger partial charge in [0.2, 0.25) is 5.91 Å². The maximum Gasteiger partial charge on any atom is 0.222 e. The van der Waals surface area contributed by atoms with Gasteiger partial charge in [0.25, 0.3) is 0 Å². The third-order valence-corrected chi connectivity index (χ3v) is 4.86. The number of aryl methyl sites for hydroxylation is 1. The summed E-state index contributed by atoms with van der Waals surface area (Å²) >= 11 is 0. The van der Waals surface area contributed by atoms with E-state index >= 15 is 0 Å². The lowest BCUT2D eigenvalue weighted by Gasteiger charge is -2.12. The van der Waals surface area contributed by atoms with Gasteiger partial charge in [0.05, 0.1) is 12.8 Å². The summed E-state index contributed by atoms with van der Waals surface area (Å²) in [4.78, 5) is 21.1. The van der Waals surface area contributed by atoms with Gasteiger partial charge in [-0.1, -0.05) is 18.2 Å². The quantitative estimate of drug-likeness (QED) is 0.524. The number of pyridine rings is 2. The molecule has 0 aliphatic heterocycles. The van der Waals surface area contributed by atoms with Crippen LogP contribution in [-0.2, 0) is 17.9 Å². The first-order valence-electron chi connectivity index (χ1n) is 9.49. The van der Waals surface area contributed by atoms with Gasteiger partial charge in [-0.25, -0.2) is 4.98 Å². The van der Waals surface area contributed by atoms with Crippen molar-refractivity contribution in [2.24, 2.45) is 0 Å². The molecular weight excluding hydrogens is 364 g/mol. The summed E-state index contributed by atoms with van der Waals surface area (Å²) in [5.41, 5.74) is 3.90. The molecule has 0 fully saturated rings. The van der Waals surface area contributed by atoms with Crippen molar-refractivity contribution in [2.45, 2.75) is 19.5 Å². The Morgan fingerprint density at radius 1 is 1.07 bits per heavy atom. The summed E-state index contributed by atoms with van der Waals surface area (Å²) in [6.07, 6.45) is 5.67. The Kier molecular flexibility index (Phi) is 5.52. The Bertz CT molecular complexity index is 1120. The van der Waals surface area contributed by atoms with E-state index in [2.05, 4.69) is 25.9 Å². The molecule has 0 radical (unpaired) electrons. The first kappa shape index (κ1) is 18.7. The van der Waals surface area contributed by atoms with Crippen molar-refractivity contribution < 1.29 is 9.53 Å². The van der Waals surface area contributed by atoms with Crippen molar-refractivity contribution in [1.82, 2.24) is 19.9 Å². The van der Waals surface area contributed by atoms with Gasteiger partial charge in [-0.3, -0.25) is 9.78 Å². The second-order valence-corrected chi connectivity index (χ2v) is 6.67. The molecule has 1 aromatic carbocycles. The van der Waals surface area contributed by atoms with Crippen LogP contribution < -0.4 is 10.1 Å². The molecule has 3 heterocycles. The molecule has 1 amide bonds. The minimum absolute atomic E-state index is 0.0191. The van der Waals surface area contributed by atoms with Gasteiger partial charge in [-0.05, 0) is 36.4 Å². The van der Waals surface area contributed by atoms with Crippen LogP contribution in [0.5, 0.6) is 5.75 Å². The third kappa shape index (κ3) is 4.11. The van der Waals surface area contributed by atoms with Crippen LogP contribution in [0.2, 0.25) is 0 Å². The fourth-order valence-corrected chi connectivity index (χ4v) is 3.42. The molecule has 0 spiro atoms. The van der Waals surface area contributed by atoms with Crippen molar-refractivity contribution in [1.29, 1.82) is 0 Å². The summed E-state index contributed by atoms with van der Waals surface area (Å²) in [6, 6.07) is 17.7. The van der Waals surface area contributed by atoms with Crippen LogP contribution in [0.15, 0.2) is 73.2 Å². The zero-order chi connectivity index (χ0) is 20.1. The van der Waals surface area contributed by atoms with Crippen molar-refractivity contribution in [2.75, 3.05) is 7.11 Å². The van der Waals surface area contributed by atoms with Gasteiger partial charge in [0, 0.05) is 54.6 Å². The van der Waals surface area contributed by atoms with E-state index in [0.717, 1.165) is 33.6 Å². The molecule has 0 atom stereocenters. The number of para-hydroxylation sites is 1. The molecule has 0 saturated carbocycles. The first-order valence-corrected chi connectivity index (χ1v) is 9.49. The first-order chi connectivity index (χ1) is 14.3. The molecule has 0 bridgehead atoms. The molecule has 3 aromatic heterocycles. The Balaban J connectivity index is 1.50. The molecule has 0 aliphatic carbocycles. The summed E-state index contributed by atoms with van der Waals surface area (Å²) in [5.74, 6) is 0.753. The molecule has 4 rings (SSSR count). The van der Waals surface area contributed by atoms with Gasteiger partial charge in [0.1, 0.15) is 11.4 Å². The minimum Gasteiger partial charge on any atom is -0.496 e. The number of rotatable bonds is 7. The van der Waals surface area contributed by atoms with Gasteiger partial charge in [-0.2, -0.15) is 0 Å². The predicted molar refractivity (Wildman–Crippen MR) is 112 cm³/mol. The molecule has 6 nitrogen and oxygen atoms in total. The third-order valence-electron chi connectivity index (χ3n) is 4.86. The van der Waals surface area contributed by atoms with Crippen LogP contribution in [0, 0.1) is 0 Å². The summed E-state index contributed by atoms with van der Waals surface area (Å²) in [7, 11) is 1.63. The molecule has 1 N–H and O–H groups in total. The average Bonchev–Trinajstić information content (AvgIpc) is 3.15. The molecule has 4 aromatic rings. The number of amides is 1. The number of hydrogen-bond acceptors (Lipinski definition) is 4. The molecular formula is C23H22N4O2. The number of hydrogen-bond donors (Lipinski definition) is 1. The average molecular weight is 386 g/mol. The highest BCUT2D eigenvalue weighted by Crippen LogP contribution is 2.27. The lowest BCUT2D eigenvalue weighted by atomic mass is 10.2. The number of nitrogens with one attached hydrogen (secondary N) is 1. The van der Waals surface area contributed by atoms with E-state index in [-0.39, 0.29) is 5.91 Å². The van der Waals surface area contributed by atoms with E-state index in [1.807, 2.05) is 48.5 Å². The molecule has 0 aliphatic rings. The number of aromatic nitrogens is 3. The van der Waals surface area contributed by atoms with E-state index in [9.17, 15) is 4.79 Å².